The Labute approximate surface area is 118 Å². The number of halogens is 1. The highest BCUT2D eigenvalue weighted by molar-refractivity contribution is 9.11. The van der Waals surface area contributed by atoms with Crippen LogP contribution in [-0.4, -0.2) is 26.2 Å². The maximum atomic E-state index is 9.82. The summed E-state index contributed by atoms with van der Waals surface area (Å²) in [6.45, 7) is 0. The van der Waals surface area contributed by atoms with Gasteiger partial charge in [-0.2, -0.15) is 0 Å². The molecule has 2 heterocycles. The smallest absolute Gasteiger partial charge is 0.127 e. The molecule has 1 aromatic heterocycles. The minimum Gasteiger partial charge on any atom is -0.376 e. The molecule has 3 atom stereocenters. The average Bonchev–Trinajstić information content (AvgIpc) is 2.41. The third kappa shape index (κ3) is 2.40. The van der Waals surface area contributed by atoms with Gasteiger partial charge < -0.3 is 5.11 Å². The van der Waals surface area contributed by atoms with Gasteiger partial charge in [-0.1, -0.05) is 34.1 Å². The second-order valence-electron chi connectivity index (χ2n) is 4.31. The molecule has 5 heteroatoms. The molecule has 3 nitrogen and oxygen atoms in total. The van der Waals surface area contributed by atoms with Crippen LogP contribution in [0.15, 0.2) is 36.5 Å². The Kier molecular flexibility index (Phi) is 3.56. The zero-order valence-corrected chi connectivity index (χ0v) is 12.0. The molecule has 2 N–H and O–H groups in total. The van der Waals surface area contributed by atoms with Crippen molar-refractivity contribution >= 4 is 38.6 Å². The number of hydrogen-bond donors (Lipinski definition) is 2. The Balaban J connectivity index is 1.90. The van der Waals surface area contributed by atoms with Crippen LogP contribution in [-0.2, 0) is 0 Å². The molecular weight excluding hydrogens is 312 g/mol. The predicted octanol–water partition coefficient (Wildman–Crippen LogP) is 2.65. The first-order valence-electron chi connectivity index (χ1n) is 5.78. The molecule has 1 aliphatic rings. The standard InChI is InChI=1S/C13H13BrN2OS/c14-12-13(17)16-11(7-18-12)9-5-8-3-1-2-4-10(8)15-6-9/h1-6,11-13,16-17H,7H2. The van der Waals surface area contributed by atoms with E-state index >= 15 is 0 Å². The van der Waals surface area contributed by atoms with E-state index < -0.39 is 6.23 Å². The number of rotatable bonds is 1. The lowest BCUT2D eigenvalue weighted by Gasteiger charge is -2.31. The lowest BCUT2D eigenvalue weighted by Crippen LogP contribution is -2.43. The first-order valence-corrected chi connectivity index (χ1v) is 7.75. The van der Waals surface area contributed by atoms with Gasteiger partial charge in [0.25, 0.3) is 0 Å². The highest BCUT2D eigenvalue weighted by atomic mass is 79.9. The van der Waals surface area contributed by atoms with E-state index in [4.69, 9.17) is 0 Å². The van der Waals surface area contributed by atoms with Crippen LogP contribution in [0.2, 0.25) is 0 Å². The summed E-state index contributed by atoms with van der Waals surface area (Å²) in [7, 11) is 0. The van der Waals surface area contributed by atoms with Gasteiger partial charge in [-0.3, -0.25) is 10.3 Å². The van der Waals surface area contributed by atoms with E-state index in [0.29, 0.717) is 0 Å². The number of hydrogen-bond acceptors (Lipinski definition) is 4. The van der Waals surface area contributed by atoms with E-state index in [2.05, 4.69) is 38.4 Å². The number of nitrogens with zero attached hydrogens (tertiary/aromatic N) is 1. The quantitative estimate of drug-likeness (QED) is 0.792. The van der Waals surface area contributed by atoms with Crippen LogP contribution in [0.5, 0.6) is 0 Å². The Morgan fingerprint density at radius 1 is 1.39 bits per heavy atom. The summed E-state index contributed by atoms with van der Waals surface area (Å²) in [6.07, 6.45) is 1.36. The van der Waals surface area contributed by atoms with Gasteiger partial charge >= 0.3 is 0 Å². The zero-order valence-electron chi connectivity index (χ0n) is 9.58. The highest BCUT2D eigenvalue weighted by Crippen LogP contribution is 2.32. The molecule has 1 fully saturated rings. The number of benzene rings is 1. The molecule has 0 aliphatic carbocycles. The van der Waals surface area contributed by atoms with Gasteiger partial charge in [0.05, 0.1) is 9.68 Å². The molecule has 3 unspecified atom stereocenters. The SMILES string of the molecule is OC1NC(c2cnc3ccccc3c2)CSC1Br. The molecule has 0 amide bonds. The van der Waals surface area contributed by atoms with Crippen LogP contribution >= 0.6 is 27.7 Å². The Hall–Kier alpha value is -0.620. The summed E-state index contributed by atoms with van der Waals surface area (Å²) < 4.78 is 0.0576. The van der Waals surface area contributed by atoms with Gasteiger partial charge in [-0.05, 0) is 17.7 Å². The summed E-state index contributed by atoms with van der Waals surface area (Å²) in [5.74, 6) is 0.924. The molecule has 0 bridgehead atoms. The lowest BCUT2D eigenvalue weighted by molar-refractivity contribution is 0.138. The van der Waals surface area contributed by atoms with Crippen molar-refractivity contribution in [2.75, 3.05) is 5.75 Å². The molecule has 1 saturated heterocycles. The van der Waals surface area contributed by atoms with Crippen LogP contribution in [0.4, 0.5) is 0 Å². The number of aromatic nitrogens is 1. The van der Waals surface area contributed by atoms with Gasteiger partial charge in [-0.15, -0.1) is 11.8 Å². The fourth-order valence-electron chi connectivity index (χ4n) is 2.08. The van der Waals surface area contributed by atoms with Gasteiger partial charge in [-0.25, -0.2) is 0 Å². The number of para-hydroxylation sites is 1. The van der Waals surface area contributed by atoms with Gasteiger partial charge in [0.1, 0.15) is 6.23 Å². The van der Waals surface area contributed by atoms with Crippen LogP contribution in [0.1, 0.15) is 11.6 Å². The van der Waals surface area contributed by atoms with Crippen molar-refractivity contribution in [2.24, 2.45) is 0 Å². The number of pyridine rings is 1. The first-order chi connectivity index (χ1) is 8.74. The van der Waals surface area contributed by atoms with E-state index in [1.54, 1.807) is 11.8 Å². The fourth-order valence-corrected chi connectivity index (χ4v) is 3.62. The number of fused-ring (bicyclic) bond motifs is 1. The number of thioether (sulfide) groups is 1. The monoisotopic (exact) mass is 324 g/mol. The molecular formula is C13H13BrN2OS. The minimum atomic E-state index is -0.528. The molecule has 18 heavy (non-hydrogen) atoms. The van der Waals surface area contributed by atoms with Crippen molar-refractivity contribution in [1.29, 1.82) is 0 Å². The first kappa shape index (κ1) is 12.4. The van der Waals surface area contributed by atoms with E-state index in [9.17, 15) is 5.11 Å². The number of aliphatic hydroxyl groups excluding tert-OH is 1. The van der Waals surface area contributed by atoms with Crippen molar-refractivity contribution in [2.45, 2.75) is 16.4 Å². The summed E-state index contributed by atoms with van der Waals surface area (Å²) in [4.78, 5) is 4.46. The second-order valence-corrected chi connectivity index (χ2v) is 7.08. The largest absolute Gasteiger partial charge is 0.376 e. The second kappa shape index (κ2) is 5.17. The highest BCUT2D eigenvalue weighted by Gasteiger charge is 2.27. The van der Waals surface area contributed by atoms with Gasteiger partial charge in [0, 0.05) is 23.4 Å². The van der Waals surface area contributed by atoms with E-state index in [0.717, 1.165) is 22.2 Å². The topological polar surface area (TPSA) is 45.1 Å². The molecule has 94 valence electrons. The lowest BCUT2D eigenvalue weighted by atomic mass is 10.1. The molecule has 3 rings (SSSR count). The third-order valence-electron chi connectivity index (χ3n) is 3.06. The maximum Gasteiger partial charge on any atom is 0.127 e. The third-order valence-corrected chi connectivity index (χ3v) is 5.45. The van der Waals surface area contributed by atoms with Crippen LogP contribution in [0.3, 0.4) is 0 Å². The minimum absolute atomic E-state index is 0.0576. The van der Waals surface area contributed by atoms with Gasteiger partial charge in [0.15, 0.2) is 0 Å². The number of aliphatic hydroxyl groups is 1. The van der Waals surface area contributed by atoms with Crippen LogP contribution < -0.4 is 5.32 Å². The predicted molar refractivity (Wildman–Crippen MR) is 78.8 cm³/mol. The van der Waals surface area contributed by atoms with Crippen LogP contribution in [0, 0.1) is 0 Å². The van der Waals surface area contributed by atoms with E-state index in [-0.39, 0.29) is 10.2 Å². The summed E-state index contributed by atoms with van der Waals surface area (Å²) in [6, 6.07) is 10.4. The van der Waals surface area contributed by atoms with Crippen molar-refractivity contribution in [1.82, 2.24) is 10.3 Å². The normalized spacial score (nSPS) is 28.4. The molecule has 0 radical (unpaired) electrons. The summed E-state index contributed by atoms with van der Waals surface area (Å²) in [5, 5.41) is 14.2. The number of nitrogens with one attached hydrogen (secondary N) is 1. The molecule has 0 saturated carbocycles. The fraction of sp³-hybridized carbons (Fsp3) is 0.308. The average molecular weight is 325 g/mol. The molecule has 0 spiro atoms. The molecule has 2 aromatic rings. The van der Waals surface area contributed by atoms with Crippen molar-refractivity contribution in [3.05, 3.63) is 42.1 Å². The van der Waals surface area contributed by atoms with Crippen molar-refractivity contribution in [3.63, 3.8) is 0 Å². The van der Waals surface area contributed by atoms with Gasteiger partial charge in [0.2, 0.25) is 0 Å². The Morgan fingerprint density at radius 2 is 2.22 bits per heavy atom. The Bertz CT molecular complexity index is 565. The molecule has 1 aromatic carbocycles. The summed E-state index contributed by atoms with van der Waals surface area (Å²) in [5.41, 5.74) is 2.13. The summed E-state index contributed by atoms with van der Waals surface area (Å²) >= 11 is 5.14. The zero-order chi connectivity index (χ0) is 12.5. The van der Waals surface area contributed by atoms with Crippen molar-refractivity contribution in [3.8, 4) is 0 Å². The van der Waals surface area contributed by atoms with E-state index in [1.807, 2.05) is 24.4 Å². The van der Waals surface area contributed by atoms with E-state index in [1.165, 1.54) is 0 Å². The molecule has 1 aliphatic heterocycles. The number of alkyl halides is 1. The Morgan fingerprint density at radius 3 is 3.06 bits per heavy atom. The van der Waals surface area contributed by atoms with Crippen molar-refractivity contribution < 1.29 is 5.11 Å². The van der Waals surface area contributed by atoms with Crippen LogP contribution in [0.25, 0.3) is 10.9 Å². The maximum absolute atomic E-state index is 9.82.